The standard InChI is InChI=1S/C22H34O3/c1-3-5-7-17-24-20-13-15-21(16-14-20)25-22(23)19-11-9-18(10-12-19)8-6-4-2/h13-16,18-19H,3-12,17H2,1-2H3/t18-,19-. The van der Waals surface area contributed by atoms with E-state index in [9.17, 15) is 4.79 Å². The van der Waals surface area contributed by atoms with Crippen LogP contribution < -0.4 is 9.47 Å². The molecule has 3 heteroatoms. The van der Waals surface area contributed by atoms with E-state index in [1.54, 1.807) is 0 Å². The van der Waals surface area contributed by atoms with E-state index in [1.165, 1.54) is 44.9 Å². The Morgan fingerprint density at radius 2 is 1.56 bits per heavy atom. The Kier molecular flexibility index (Phi) is 8.85. The van der Waals surface area contributed by atoms with Crippen LogP contribution in [0.2, 0.25) is 0 Å². The van der Waals surface area contributed by atoms with Gasteiger partial charge in [-0.25, -0.2) is 0 Å². The Balaban J connectivity index is 1.71. The molecule has 0 bridgehead atoms. The fourth-order valence-corrected chi connectivity index (χ4v) is 3.53. The van der Waals surface area contributed by atoms with Crippen LogP contribution in [0.1, 0.15) is 78.1 Å². The van der Waals surface area contributed by atoms with Gasteiger partial charge in [-0.3, -0.25) is 4.79 Å². The first-order valence-electron chi connectivity index (χ1n) is 10.2. The van der Waals surface area contributed by atoms with Crippen LogP contribution in [-0.2, 0) is 4.79 Å². The maximum Gasteiger partial charge on any atom is 0.314 e. The lowest BCUT2D eigenvalue weighted by molar-refractivity contribution is -0.140. The zero-order valence-electron chi connectivity index (χ0n) is 16.0. The zero-order valence-corrected chi connectivity index (χ0v) is 16.0. The van der Waals surface area contributed by atoms with Crippen molar-refractivity contribution in [2.45, 2.75) is 78.1 Å². The monoisotopic (exact) mass is 346 g/mol. The van der Waals surface area contributed by atoms with E-state index >= 15 is 0 Å². The van der Waals surface area contributed by atoms with E-state index < -0.39 is 0 Å². The summed E-state index contributed by atoms with van der Waals surface area (Å²) in [6.07, 6.45) is 11.7. The third-order valence-electron chi connectivity index (χ3n) is 5.20. The molecule has 1 saturated carbocycles. The molecule has 140 valence electrons. The molecule has 0 atom stereocenters. The average molecular weight is 347 g/mol. The van der Waals surface area contributed by atoms with E-state index in [1.807, 2.05) is 24.3 Å². The van der Waals surface area contributed by atoms with Gasteiger partial charge < -0.3 is 9.47 Å². The number of esters is 1. The minimum absolute atomic E-state index is 0.0643. The van der Waals surface area contributed by atoms with Gasteiger partial charge in [-0.15, -0.1) is 0 Å². The summed E-state index contributed by atoms with van der Waals surface area (Å²) in [6.45, 7) is 5.17. The molecule has 2 rings (SSSR count). The van der Waals surface area contributed by atoms with Crippen LogP contribution in [0.15, 0.2) is 24.3 Å². The highest BCUT2D eigenvalue weighted by Gasteiger charge is 2.27. The SMILES string of the molecule is CCCCCOc1ccc(OC(=O)[C@H]2CC[C@H](CCCC)CC2)cc1. The van der Waals surface area contributed by atoms with Crippen LogP contribution in [0.25, 0.3) is 0 Å². The van der Waals surface area contributed by atoms with E-state index in [-0.39, 0.29) is 11.9 Å². The lowest BCUT2D eigenvalue weighted by Gasteiger charge is -2.27. The lowest BCUT2D eigenvalue weighted by atomic mass is 9.80. The molecule has 1 fully saturated rings. The third kappa shape index (κ3) is 7.09. The highest BCUT2D eigenvalue weighted by atomic mass is 16.5. The Morgan fingerprint density at radius 1 is 0.920 bits per heavy atom. The minimum atomic E-state index is -0.0643. The molecular formula is C22H34O3. The van der Waals surface area contributed by atoms with Crippen molar-refractivity contribution < 1.29 is 14.3 Å². The molecule has 0 aliphatic heterocycles. The quantitative estimate of drug-likeness (QED) is 0.289. The first-order valence-corrected chi connectivity index (χ1v) is 10.2. The van der Waals surface area contributed by atoms with Crippen molar-refractivity contribution in [1.82, 2.24) is 0 Å². The van der Waals surface area contributed by atoms with Gasteiger partial charge in [-0.05, 0) is 62.3 Å². The van der Waals surface area contributed by atoms with Crippen molar-refractivity contribution in [3.05, 3.63) is 24.3 Å². The maximum atomic E-state index is 12.4. The number of carbonyl (C=O) groups excluding carboxylic acids is 1. The second-order valence-electron chi connectivity index (χ2n) is 7.31. The third-order valence-corrected chi connectivity index (χ3v) is 5.20. The smallest absolute Gasteiger partial charge is 0.314 e. The van der Waals surface area contributed by atoms with Gasteiger partial charge in [0.25, 0.3) is 0 Å². The number of carbonyl (C=O) groups is 1. The van der Waals surface area contributed by atoms with Crippen molar-refractivity contribution in [3.8, 4) is 11.5 Å². The van der Waals surface area contributed by atoms with Crippen LogP contribution >= 0.6 is 0 Å². The Labute approximate surface area is 153 Å². The van der Waals surface area contributed by atoms with Gasteiger partial charge in [0.2, 0.25) is 0 Å². The summed E-state index contributed by atoms with van der Waals surface area (Å²) in [6, 6.07) is 7.44. The molecule has 1 aliphatic carbocycles. The highest BCUT2D eigenvalue weighted by Crippen LogP contribution is 2.33. The molecule has 25 heavy (non-hydrogen) atoms. The van der Waals surface area contributed by atoms with E-state index in [0.29, 0.717) is 5.75 Å². The van der Waals surface area contributed by atoms with Gasteiger partial charge in [0.15, 0.2) is 0 Å². The Morgan fingerprint density at radius 3 is 2.20 bits per heavy atom. The molecule has 0 aromatic heterocycles. The molecule has 0 unspecified atom stereocenters. The number of benzene rings is 1. The predicted octanol–water partition coefficient (Wildman–Crippen LogP) is 6.16. The molecule has 0 saturated heterocycles. The van der Waals surface area contributed by atoms with Gasteiger partial charge in [-0.2, -0.15) is 0 Å². The molecule has 0 radical (unpaired) electrons. The normalized spacial score (nSPS) is 20.2. The van der Waals surface area contributed by atoms with Crippen molar-refractivity contribution in [2.24, 2.45) is 11.8 Å². The lowest BCUT2D eigenvalue weighted by Crippen LogP contribution is -2.25. The first-order chi connectivity index (χ1) is 12.2. The number of hydrogen-bond donors (Lipinski definition) is 0. The summed E-state index contributed by atoms with van der Waals surface area (Å²) in [7, 11) is 0. The Bertz CT molecular complexity index is 486. The average Bonchev–Trinajstić information content (AvgIpc) is 2.65. The van der Waals surface area contributed by atoms with Gasteiger partial charge in [0, 0.05) is 0 Å². The summed E-state index contributed by atoms with van der Waals surface area (Å²) in [4.78, 5) is 12.4. The second kappa shape index (κ2) is 11.2. The Hall–Kier alpha value is -1.51. The first kappa shape index (κ1) is 19.8. The summed E-state index contributed by atoms with van der Waals surface area (Å²) in [5.74, 6) is 2.29. The molecule has 0 spiro atoms. The number of unbranched alkanes of at least 4 members (excludes halogenated alkanes) is 3. The topological polar surface area (TPSA) is 35.5 Å². The molecule has 0 N–H and O–H groups in total. The molecule has 3 nitrogen and oxygen atoms in total. The summed E-state index contributed by atoms with van der Waals surface area (Å²) < 4.78 is 11.3. The molecule has 1 aliphatic rings. The predicted molar refractivity (Wildman–Crippen MR) is 102 cm³/mol. The molecular weight excluding hydrogens is 312 g/mol. The van der Waals surface area contributed by atoms with Crippen LogP contribution in [0.3, 0.4) is 0 Å². The van der Waals surface area contributed by atoms with Crippen molar-refractivity contribution in [3.63, 3.8) is 0 Å². The van der Waals surface area contributed by atoms with E-state index in [2.05, 4.69) is 13.8 Å². The van der Waals surface area contributed by atoms with Crippen molar-refractivity contribution in [2.75, 3.05) is 6.61 Å². The largest absolute Gasteiger partial charge is 0.494 e. The molecule has 1 aromatic rings. The fourth-order valence-electron chi connectivity index (χ4n) is 3.53. The number of ether oxygens (including phenoxy) is 2. The molecule has 1 aromatic carbocycles. The summed E-state index contributed by atoms with van der Waals surface area (Å²) >= 11 is 0. The number of rotatable bonds is 10. The van der Waals surface area contributed by atoms with Crippen LogP contribution in [0.5, 0.6) is 11.5 Å². The summed E-state index contributed by atoms with van der Waals surface area (Å²) in [5, 5.41) is 0. The highest BCUT2D eigenvalue weighted by molar-refractivity contribution is 5.75. The van der Waals surface area contributed by atoms with Gasteiger partial charge >= 0.3 is 5.97 Å². The molecule has 0 amide bonds. The minimum Gasteiger partial charge on any atom is -0.494 e. The van der Waals surface area contributed by atoms with Crippen LogP contribution in [0.4, 0.5) is 0 Å². The van der Waals surface area contributed by atoms with E-state index in [4.69, 9.17) is 9.47 Å². The zero-order chi connectivity index (χ0) is 17.9. The van der Waals surface area contributed by atoms with Crippen molar-refractivity contribution >= 4 is 5.97 Å². The van der Waals surface area contributed by atoms with Crippen LogP contribution in [-0.4, -0.2) is 12.6 Å². The maximum absolute atomic E-state index is 12.4. The number of hydrogen-bond acceptors (Lipinski definition) is 3. The van der Waals surface area contributed by atoms with Gasteiger partial charge in [0.05, 0.1) is 12.5 Å². The molecule has 0 heterocycles. The van der Waals surface area contributed by atoms with E-state index in [0.717, 1.165) is 37.5 Å². The van der Waals surface area contributed by atoms with Gasteiger partial charge in [-0.1, -0.05) is 46.0 Å². The fraction of sp³-hybridized carbons (Fsp3) is 0.682. The summed E-state index contributed by atoms with van der Waals surface area (Å²) in [5.41, 5.74) is 0. The second-order valence-corrected chi connectivity index (χ2v) is 7.31. The van der Waals surface area contributed by atoms with Crippen LogP contribution in [0, 0.1) is 11.8 Å². The van der Waals surface area contributed by atoms with Gasteiger partial charge in [0.1, 0.15) is 11.5 Å². The van der Waals surface area contributed by atoms with Crippen molar-refractivity contribution in [1.29, 1.82) is 0 Å².